The molecule has 0 amide bonds. The number of hydrogen-bond donors (Lipinski definition) is 0. The van der Waals surface area contributed by atoms with E-state index in [1.165, 1.54) is 22.1 Å². The van der Waals surface area contributed by atoms with Gasteiger partial charge < -0.3 is 0 Å². The van der Waals surface area contributed by atoms with Gasteiger partial charge in [-0.1, -0.05) is 64.1 Å². The minimum absolute atomic E-state index is 0.839. The third-order valence-corrected chi connectivity index (χ3v) is 3.57. The van der Waals surface area contributed by atoms with E-state index in [2.05, 4.69) is 52.4 Å². The van der Waals surface area contributed by atoms with Gasteiger partial charge in [0.25, 0.3) is 0 Å². The molecule has 1 aromatic heterocycles. The highest BCUT2D eigenvalue weighted by Gasteiger charge is 2.19. The molecule has 0 radical (unpaired) electrons. The molecule has 2 heteroatoms. The quantitative estimate of drug-likeness (QED) is 0.424. The fourth-order valence-electron chi connectivity index (χ4n) is 2.82. The van der Waals surface area contributed by atoms with Gasteiger partial charge >= 0.3 is 0 Å². The molecule has 1 heterocycles. The second kappa shape index (κ2) is 7.17. The van der Waals surface area contributed by atoms with Crippen LogP contribution in [0.3, 0.4) is 0 Å². The number of aryl methyl sites for hydroxylation is 1. The van der Waals surface area contributed by atoms with E-state index in [0.717, 1.165) is 23.5 Å². The van der Waals surface area contributed by atoms with Crippen LogP contribution in [0.25, 0.3) is 22.2 Å². The first kappa shape index (κ1) is 16.2. The zero-order valence-electron chi connectivity index (χ0n) is 14.1. The summed E-state index contributed by atoms with van der Waals surface area (Å²) < 4.78 is 0. The highest BCUT2D eigenvalue weighted by molar-refractivity contribution is 5.97. The molecule has 2 nitrogen and oxygen atoms in total. The van der Waals surface area contributed by atoms with Gasteiger partial charge in [-0.25, -0.2) is 9.97 Å². The molecule has 114 valence electrons. The van der Waals surface area contributed by atoms with Crippen LogP contribution >= 0.6 is 0 Å². The van der Waals surface area contributed by atoms with Gasteiger partial charge in [-0.2, -0.15) is 0 Å². The molecule has 1 aliphatic carbocycles. The molecule has 2 aromatic carbocycles. The average Bonchev–Trinajstić information content (AvgIpc) is 2.58. The highest BCUT2D eigenvalue weighted by Crippen LogP contribution is 2.37. The Kier molecular flexibility index (Phi) is 5.26. The topological polar surface area (TPSA) is 25.8 Å². The van der Waals surface area contributed by atoms with Crippen LogP contribution in [0.5, 0.6) is 0 Å². The van der Waals surface area contributed by atoms with Crippen molar-refractivity contribution in [3.05, 3.63) is 59.4 Å². The Labute approximate surface area is 133 Å². The molecule has 0 spiro atoms. The molecule has 0 bridgehead atoms. The molecule has 0 saturated heterocycles. The van der Waals surface area contributed by atoms with Crippen LogP contribution in [-0.4, -0.2) is 9.97 Å². The fourth-order valence-corrected chi connectivity index (χ4v) is 2.82. The number of rotatable bonds is 0. The van der Waals surface area contributed by atoms with Crippen molar-refractivity contribution in [3.8, 4) is 11.3 Å². The zero-order valence-corrected chi connectivity index (χ0v) is 14.1. The van der Waals surface area contributed by atoms with Crippen molar-refractivity contribution >= 4 is 10.9 Å². The predicted molar refractivity (Wildman–Crippen MR) is 95.2 cm³/mol. The zero-order chi connectivity index (χ0) is 16.1. The summed E-state index contributed by atoms with van der Waals surface area (Å²) in [6.07, 6.45) is 0.979. The minimum Gasteiger partial charge on any atom is -0.233 e. The first-order valence-electron chi connectivity index (χ1n) is 8.17. The third kappa shape index (κ3) is 2.74. The van der Waals surface area contributed by atoms with E-state index in [1.807, 2.05) is 34.6 Å². The molecule has 3 aromatic rings. The summed E-state index contributed by atoms with van der Waals surface area (Å²) >= 11 is 0. The van der Waals surface area contributed by atoms with Gasteiger partial charge in [-0.15, -0.1) is 0 Å². The van der Waals surface area contributed by atoms with Crippen molar-refractivity contribution in [2.45, 2.75) is 41.0 Å². The van der Waals surface area contributed by atoms with Crippen LogP contribution in [0.1, 0.15) is 44.6 Å². The van der Waals surface area contributed by atoms with Crippen molar-refractivity contribution < 1.29 is 0 Å². The lowest BCUT2D eigenvalue weighted by Crippen LogP contribution is -2.05. The summed E-state index contributed by atoms with van der Waals surface area (Å²) in [4.78, 5) is 9.20. The lowest BCUT2D eigenvalue weighted by Gasteiger charge is -2.19. The van der Waals surface area contributed by atoms with Crippen LogP contribution in [0.15, 0.2) is 42.5 Å². The summed E-state index contributed by atoms with van der Waals surface area (Å²) in [5.74, 6) is 0.839. The predicted octanol–water partition coefficient (Wildman–Crippen LogP) is 5.56. The van der Waals surface area contributed by atoms with Gasteiger partial charge in [-0.3, -0.25) is 0 Å². The second-order valence-electron chi connectivity index (χ2n) is 4.76. The van der Waals surface area contributed by atoms with Crippen molar-refractivity contribution in [1.82, 2.24) is 9.97 Å². The van der Waals surface area contributed by atoms with Crippen LogP contribution in [0.4, 0.5) is 0 Å². The van der Waals surface area contributed by atoms with E-state index >= 15 is 0 Å². The third-order valence-electron chi connectivity index (χ3n) is 3.57. The van der Waals surface area contributed by atoms with Gasteiger partial charge in [0.2, 0.25) is 0 Å². The molecular formula is C20H24N2. The first-order valence-corrected chi connectivity index (χ1v) is 8.17. The van der Waals surface area contributed by atoms with Crippen molar-refractivity contribution in [1.29, 1.82) is 0 Å². The number of fused-ring (bicyclic) bond motifs is 2. The summed E-state index contributed by atoms with van der Waals surface area (Å²) in [5.41, 5.74) is 6.10. The van der Waals surface area contributed by atoms with E-state index in [-0.39, 0.29) is 0 Å². The molecule has 0 aliphatic heterocycles. The van der Waals surface area contributed by atoms with Crippen molar-refractivity contribution in [2.75, 3.05) is 0 Å². The van der Waals surface area contributed by atoms with E-state index in [4.69, 9.17) is 0 Å². The van der Waals surface area contributed by atoms with Crippen LogP contribution in [-0.2, 0) is 6.42 Å². The van der Waals surface area contributed by atoms with E-state index in [1.54, 1.807) is 0 Å². The van der Waals surface area contributed by atoms with Gasteiger partial charge in [0.05, 0.1) is 11.2 Å². The Bertz CT molecular complexity index is 776. The molecule has 0 atom stereocenters. The molecule has 0 saturated carbocycles. The maximum atomic E-state index is 4.66. The number of benzene rings is 2. The normalized spacial score (nSPS) is 10.8. The van der Waals surface area contributed by atoms with E-state index in [9.17, 15) is 0 Å². The molecule has 0 unspecified atom stereocenters. The first-order chi connectivity index (χ1) is 10.8. The fraction of sp³-hybridized carbons (Fsp3) is 0.300. The second-order valence-corrected chi connectivity index (χ2v) is 4.76. The molecule has 1 aliphatic rings. The highest BCUT2D eigenvalue weighted by atomic mass is 14.9. The number of hydrogen-bond acceptors (Lipinski definition) is 2. The van der Waals surface area contributed by atoms with Gasteiger partial charge in [0.1, 0.15) is 5.82 Å². The smallest absolute Gasteiger partial charge is 0.126 e. The van der Waals surface area contributed by atoms with E-state index in [0.29, 0.717) is 0 Å². The Balaban J connectivity index is 0.000000410. The lowest BCUT2D eigenvalue weighted by atomic mass is 9.88. The van der Waals surface area contributed by atoms with Crippen LogP contribution < -0.4 is 0 Å². The Morgan fingerprint density at radius 2 is 1.45 bits per heavy atom. The maximum absolute atomic E-state index is 4.66. The monoisotopic (exact) mass is 292 g/mol. The van der Waals surface area contributed by atoms with Crippen LogP contribution in [0.2, 0.25) is 0 Å². The van der Waals surface area contributed by atoms with Gasteiger partial charge in [-0.05, 0) is 30.5 Å². The Morgan fingerprint density at radius 1 is 0.773 bits per heavy atom. The van der Waals surface area contributed by atoms with Crippen molar-refractivity contribution in [3.63, 3.8) is 0 Å². The number of aromatic nitrogens is 2. The molecule has 0 N–H and O–H groups in total. The summed E-state index contributed by atoms with van der Waals surface area (Å²) in [6, 6.07) is 14.9. The average molecular weight is 292 g/mol. The SMILES string of the molecule is CC.CC.Cc1nc2c3c(cccc3n1)Cc1ccccc1-2. The van der Waals surface area contributed by atoms with Gasteiger partial charge in [0, 0.05) is 10.9 Å². The van der Waals surface area contributed by atoms with Crippen LogP contribution in [0, 0.1) is 6.92 Å². The number of nitrogens with zero attached hydrogens (tertiary/aromatic N) is 2. The summed E-state index contributed by atoms with van der Waals surface area (Å²) in [6.45, 7) is 9.96. The summed E-state index contributed by atoms with van der Waals surface area (Å²) in [7, 11) is 0. The Morgan fingerprint density at radius 3 is 2.23 bits per heavy atom. The molecule has 22 heavy (non-hydrogen) atoms. The maximum Gasteiger partial charge on any atom is 0.126 e. The van der Waals surface area contributed by atoms with E-state index < -0.39 is 0 Å². The largest absolute Gasteiger partial charge is 0.233 e. The summed E-state index contributed by atoms with van der Waals surface area (Å²) in [5, 5.41) is 1.22. The molecular weight excluding hydrogens is 268 g/mol. The Hall–Kier alpha value is -2.22. The standard InChI is InChI=1S/C16H12N2.2C2H6/c1-10-17-14-8-4-6-12-9-11-5-2-3-7-13(11)16(18-10)15(12)14;2*1-2/h2-8H,9H2,1H3;2*1-2H3. The molecule has 4 rings (SSSR count). The van der Waals surface area contributed by atoms with Crippen molar-refractivity contribution in [2.24, 2.45) is 0 Å². The minimum atomic E-state index is 0.839. The lowest BCUT2D eigenvalue weighted by molar-refractivity contribution is 1.07. The van der Waals surface area contributed by atoms with Gasteiger partial charge in [0.15, 0.2) is 0 Å². The molecule has 0 fully saturated rings.